The maximum Gasteiger partial charge on any atom is 0.335 e. The first-order valence-corrected chi connectivity index (χ1v) is 2.62. The van der Waals surface area contributed by atoms with Crippen LogP contribution >= 0.6 is 0 Å². The minimum absolute atomic E-state index is 1.77. The summed E-state index contributed by atoms with van der Waals surface area (Å²) < 4.78 is 0. The van der Waals surface area contributed by atoms with Crippen LogP contribution in [0.25, 0.3) is 0 Å². The molecule has 0 heterocycles. The fourth-order valence-electron chi connectivity index (χ4n) is 0.270. The highest BCUT2D eigenvalue weighted by Gasteiger charge is 2.29. The molecule has 0 unspecified atom stereocenters. The molecule has 12 heavy (non-hydrogen) atoms. The highest BCUT2D eigenvalue weighted by molar-refractivity contribution is 5.82. The van der Waals surface area contributed by atoms with Gasteiger partial charge in [0.1, 0.15) is 0 Å². The van der Waals surface area contributed by atoms with Gasteiger partial charge in [-0.25, -0.2) is 9.59 Å². The molecule has 0 aliphatic carbocycles. The lowest BCUT2D eigenvalue weighted by atomic mass is 10.2. The number of aliphatic hydroxyl groups is 2. The van der Waals surface area contributed by atoms with E-state index in [1.807, 2.05) is 0 Å². The first kappa shape index (κ1) is 13.4. The molecule has 0 aromatic rings. The summed E-state index contributed by atoms with van der Waals surface area (Å²) in [4.78, 5) is 19.5. The first-order valence-electron chi connectivity index (χ1n) is 2.62. The van der Waals surface area contributed by atoms with Crippen molar-refractivity contribution in [1.29, 1.82) is 0 Å². The molecule has 0 saturated carbocycles. The number of hydrazine groups is 1. The molecular weight excluding hydrogens is 172 g/mol. The predicted molar refractivity (Wildman–Crippen MR) is 35.7 cm³/mol. The Bertz CT molecular complexity index is 142. The molecule has 72 valence electrons. The fraction of sp³-hybridized carbons (Fsp3) is 0.500. The van der Waals surface area contributed by atoms with Crippen molar-refractivity contribution in [3.05, 3.63) is 0 Å². The summed E-state index contributed by atoms with van der Waals surface area (Å²) in [6, 6.07) is 0. The van der Waals surface area contributed by atoms with Crippen LogP contribution in [0.2, 0.25) is 0 Å². The Morgan fingerprint density at radius 1 is 0.917 bits per heavy atom. The average molecular weight is 182 g/mol. The number of nitrogens with two attached hydrogens (primary N) is 2. The highest BCUT2D eigenvalue weighted by Crippen LogP contribution is 1.92. The van der Waals surface area contributed by atoms with Crippen molar-refractivity contribution in [3.63, 3.8) is 0 Å². The Hall–Kier alpha value is -1.22. The topological polar surface area (TPSA) is 167 Å². The van der Waals surface area contributed by atoms with E-state index in [4.69, 9.17) is 20.4 Å². The summed E-state index contributed by atoms with van der Waals surface area (Å²) in [6.07, 6.45) is -4.53. The molecule has 0 radical (unpaired) electrons. The lowest BCUT2D eigenvalue weighted by molar-refractivity contribution is -0.165. The van der Waals surface area contributed by atoms with E-state index in [9.17, 15) is 9.59 Å². The SMILES string of the molecule is NN.O=C(O)[C@@H](O)[C@H](O)C(=O)O. The molecule has 0 amide bonds. The number of hydrogen-bond donors (Lipinski definition) is 6. The van der Waals surface area contributed by atoms with Crippen LogP contribution in [0.15, 0.2) is 0 Å². The van der Waals surface area contributed by atoms with Crippen LogP contribution < -0.4 is 11.7 Å². The van der Waals surface area contributed by atoms with Crippen LogP contribution in [0.5, 0.6) is 0 Å². The monoisotopic (exact) mass is 182 g/mol. The van der Waals surface area contributed by atoms with E-state index in [1.54, 1.807) is 0 Å². The van der Waals surface area contributed by atoms with Crippen molar-refractivity contribution in [1.82, 2.24) is 0 Å². The van der Waals surface area contributed by atoms with E-state index in [-0.39, 0.29) is 0 Å². The van der Waals surface area contributed by atoms with Crippen molar-refractivity contribution >= 4 is 11.9 Å². The second-order valence-electron chi connectivity index (χ2n) is 1.57. The van der Waals surface area contributed by atoms with E-state index in [0.29, 0.717) is 0 Å². The Morgan fingerprint density at radius 2 is 1.08 bits per heavy atom. The molecule has 0 bridgehead atoms. The summed E-state index contributed by atoms with van der Waals surface area (Å²) in [7, 11) is 0. The summed E-state index contributed by atoms with van der Waals surface area (Å²) in [5.41, 5.74) is 0. The van der Waals surface area contributed by atoms with Crippen LogP contribution in [0.3, 0.4) is 0 Å². The summed E-state index contributed by atoms with van der Waals surface area (Å²) in [5.74, 6) is 4.46. The third-order valence-corrected chi connectivity index (χ3v) is 0.805. The maximum absolute atomic E-state index is 9.77. The lowest BCUT2D eigenvalue weighted by Crippen LogP contribution is -2.39. The van der Waals surface area contributed by atoms with Gasteiger partial charge in [0.05, 0.1) is 0 Å². The van der Waals surface area contributed by atoms with Crippen LogP contribution in [0.4, 0.5) is 0 Å². The van der Waals surface area contributed by atoms with E-state index in [0.717, 1.165) is 0 Å². The number of aliphatic hydroxyl groups excluding tert-OH is 2. The average Bonchev–Trinajstić information content (AvgIpc) is 2.05. The molecule has 0 aliphatic heterocycles. The molecule has 2 atom stereocenters. The van der Waals surface area contributed by atoms with Crippen molar-refractivity contribution in [2.24, 2.45) is 11.7 Å². The molecule has 8 nitrogen and oxygen atoms in total. The molecule has 0 aromatic carbocycles. The van der Waals surface area contributed by atoms with Gasteiger partial charge in [0, 0.05) is 0 Å². The predicted octanol–water partition coefficient (Wildman–Crippen LogP) is -3.30. The van der Waals surface area contributed by atoms with Crippen molar-refractivity contribution in [3.8, 4) is 0 Å². The van der Waals surface area contributed by atoms with E-state index in [2.05, 4.69) is 11.7 Å². The van der Waals surface area contributed by atoms with E-state index in [1.165, 1.54) is 0 Å². The molecule has 0 aromatic heterocycles. The number of carboxylic acid groups (broad SMARTS) is 2. The third-order valence-electron chi connectivity index (χ3n) is 0.805. The van der Waals surface area contributed by atoms with Crippen molar-refractivity contribution < 1.29 is 30.0 Å². The molecule has 0 saturated heterocycles. The zero-order chi connectivity index (χ0) is 10.3. The van der Waals surface area contributed by atoms with Gasteiger partial charge in [-0.1, -0.05) is 0 Å². The smallest absolute Gasteiger partial charge is 0.335 e. The number of carbonyl (C=O) groups is 2. The minimum Gasteiger partial charge on any atom is -0.479 e. The molecular formula is C4H10N2O6. The number of rotatable bonds is 3. The Morgan fingerprint density at radius 3 is 1.17 bits per heavy atom. The third kappa shape index (κ3) is 4.57. The second-order valence-corrected chi connectivity index (χ2v) is 1.57. The number of aliphatic carboxylic acids is 2. The molecule has 0 rings (SSSR count). The standard InChI is InChI=1S/C4H6O6.H4N2/c5-1(3(7)8)2(6)4(9)10;1-2/h1-2,5-6H,(H,7,8)(H,9,10);1-2H2/t1-,2-;/m0./s1. The molecule has 0 fully saturated rings. The molecule has 0 aliphatic rings. The van der Waals surface area contributed by atoms with E-state index < -0.39 is 24.1 Å². The van der Waals surface area contributed by atoms with Crippen LogP contribution in [0, 0.1) is 0 Å². The van der Waals surface area contributed by atoms with Crippen molar-refractivity contribution in [2.75, 3.05) is 0 Å². The van der Waals surface area contributed by atoms with Gasteiger partial charge in [-0.05, 0) is 0 Å². The highest BCUT2D eigenvalue weighted by atomic mass is 16.4. The Kier molecular flexibility index (Phi) is 7.23. The largest absolute Gasteiger partial charge is 0.479 e. The normalized spacial score (nSPS) is 13.7. The van der Waals surface area contributed by atoms with Crippen molar-refractivity contribution in [2.45, 2.75) is 12.2 Å². The maximum atomic E-state index is 9.77. The molecule has 8 heteroatoms. The fourth-order valence-corrected chi connectivity index (χ4v) is 0.270. The van der Waals surface area contributed by atoms with Crippen LogP contribution in [0.1, 0.15) is 0 Å². The Labute approximate surface area is 67.0 Å². The van der Waals surface area contributed by atoms with Gasteiger partial charge in [-0.15, -0.1) is 0 Å². The Balaban J connectivity index is 0. The van der Waals surface area contributed by atoms with Crippen LogP contribution in [-0.2, 0) is 9.59 Å². The van der Waals surface area contributed by atoms with Gasteiger partial charge in [-0.2, -0.15) is 0 Å². The summed E-state index contributed by atoms with van der Waals surface area (Å²) in [5, 5.41) is 32.5. The zero-order valence-corrected chi connectivity index (χ0v) is 5.91. The van der Waals surface area contributed by atoms with Gasteiger partial charge in [0.2, 0.25) is 0 Å². The van der Waals surface area contributed by atoms with Gasteiger partial charge in [0.25, 0.3) is 0 Å². The van der Waals surface area contributed by atoms with Gasteiger partial charge < -0.3 is 20.4 Å². The summed E-state index contributed by atoms with van der Waals surface area (Å²) >= 11 is 0. The molecule has 8 N–H and O–H groups in total. The van der Waals surface area contributed by atoms with E-state index >= 15 is 0 Å². The van der Waals surface area contributed by atoms with Gasteiger partial charge >= 0.3 is 11.9 Å². The quantitative estimate of drug-likeness (QED) is 0.195. The number of hydrogen-bond acceptors (Lipinski definition) is 6. The summed E-state index contributed by atoms with van der Waals surface area (Å²) in [6.45, 7) is 0. The molecule has 0 spiro atoms. The van der Waals surface area contributed by atoms with Gasteiger partial charge in [0.15, 0.2) is 12.2 Å². The second kappa shape index (κ2) is 6.49. The minimum atomic E-state index is -2.27. The van der Waals surface area contributed by atoms with Gasteiger partial charge in [-0.3, -0.25) is 11.7 Å². The lowest BCUT2D eigenvalue weighted by Gasteiger charge is -2.07. The van der Waals surface area contributed by atoms with Crippen LogP contribution in [-0.4, -0.2) is 44.6 Å². The zero-order valence-electron chi connectivity index (χ0n) is 5.91. The first-order chi connectivity index (χ1) is 5.46. The number of carboxylic acids is 2.